The Labute approximate surface area is 109 Å². The number of hydrogen-bond acceptors (Lipinski definition) is 3. The molecule has 0 aliphatic carbocycles. The highest BCUT2D eigenvalue weighted by atomic mass is 16.2. The van der Waals surface area contributed by atoms with Gasteiger partial charge in [-0.15, -0.1) is 0 Å². The fraction of sp³-hybridized carbons (Fsp3) is 0.500. The first-order valence-corrected chi connectivity index (χ1v) is 6.33. The first-order valence-electron chi connectivity index (χ1n) is 6.33. The summed E-state index contributed by atoms with van der Waals surface area (Å²) in [4.78, 5) is 13.8. The maximum atomic E-state index is 12.1. The minimum atomic E-state index is 0.0432. The molecule has 1 amide bonds. The predicted molar refractivity (Wildman–Crippen MR) is 73.9 cm³/mol. The molecule has 0 fully saturated rings. The monoisotopic (exact) mass is 250 g/mol. The van der Waals surface area contributed by atoms with Crippen LogP contribution in [-0.2, 0) is 0 Å². The molecule has 100 valence electrons. The molecule has 0 spiro atoms. The molecule has 0 saturated carbocycles. The molecular formula is C14H22N2O2. The van der Waals surface area contributed by atoms with E-state index in [2.05, 4.69) is 5.32 Å². The fourth-order valence-corrected chi connectivity index (χ4v) is 1.74. The number of unbranched alkanes of at least 4 members (excludes halogenated alkanes) is 2. The van der Waals surface area contributed by atoms with E-state index in [9.17, 15) is 4.79 Å². The van der Waals surface area contributed by atoms with Gasteiger partial charge in [0.2, 0.25) is 0 Å². The average molecular weight is 250 g/mol. The van der Waals surface area contributed by atoms with Crippen LogP contribution in [0.2, 0.25) is 0 Å². The lowest BCUT2D eigenvalue weighted by Crippen LogP contribution is -2.27. The van der Waals surface area contributed by atoms with E-state index in [4.69, 9.17) is 5.11 Å². The SMILES string of the molecule is CNc1ccc(C(=O)N(C)CCCCCO)cc1. The summed E-state index contributed by atoms with van der Waals surface area (Å²) in [5, 5.41) is 11.7. The van der Waals surface area contributed by atoms with Crippen LogP contribution in [0.25, 0.3) is 0 Å². The van der Waals surface area contributed by atoms with E-state index >= 15 is 0 Å². The van der Waals surface area contributed by atoms with Crippen molar-refractivity contribution in [3.8, 4) is 0 Å². The topological polar surface area (TPSA) is 52.6 Å². The van der Waals surface area contributed by atoms with Crippen molar-refractivity contribution in [1.82, 2.24) is 4.90 Å². The molecule has 1 aromatic rings. The largest absolute Gasteiger partial charge is 0.396 e. The Bertz CT molecular complexity index is 363. The zero-order valence-corrected chi connectivity index (χ0v) is 11.1. The van der Waals surface area contributed by atoms with E-state index in [1.165, 1.54) is 0 Å². The number of nitrogens with one attached hydrogen (secondary N) is 1. The summed E-state index contributed by atoms with van der Waals surface area (Å²) >= 11 is 0. The molecule has 0 unspecified atom stereocenters. The van der Waals surface area contributed by atoms with Crippen LogP contribution in [-0.4, -0.2) is 43.2 Å². The van der Waals surface area contributed by atoms with Gasteiger partial charge in [0.1, 0.15) is 0 Å². The Hall–Kier alpha value is -1.55. The number of aliphatic hydroxyl groups is 1. The lowest BCUT2D eigenvalue weighted by molar-refractivity contribution is 0.0792. The standard InChI is InChI=1S/C14H22N2O2/c1-15-13-8-6-12(7-9-13)14(18)16(2)10-4-3-5-11-17/h6-9,15,17H,3-5,10-11H2,1-2H3. The van der Waals surface area contributed by atoms with Crippen molar-refractivity contribution in [3.05, 3.63) is 29.8 Å². The minimum absolute atomic E-state index is 0.0432. The second-order valence-electron chi connectivity index (χ2n) is 4.34. The molecule has 0 bridgehead atoms. The average Bonchev–Trinajstić information content (AvgIpc) is 2.42. The summed E-state index contributed by atoms with van der Waals surface area (Å²) in [6.07, 6.45) is 2.68. The molecule has 0 radical (unpaired) electrons. The van der Waals surface area contributed by atoms with E-state index in [0.29, 0.717) is 5.56 Å². The quantitative estimate of drug-likeness (QED) is 0.727. The van der Waals surface area contributed by atoms with Gasteiger partial charge in [0.15, 0.2) is 0 Å². The molecule has 2 N–H and O–H groups in total. The van der Waals surface area contributed by atoms with Crippen molar-refractivity contribution in [2.24, 2.45) is 0 Å². The van der Waals surface area contributed by atoms with E-state index in [0.717, 1.165) is 31.5 Å². The number of carbonyl (C=O) groups excluding carboxylic acids is 1. The third-order valence-corrected chi connectivity index (χ3v) is 2.92. The van der Waals surface area contributed by atoms with Crippen molar-refractivity contribution >= 4 is 11.6 Å². The van der Waals surface area contributed by atoms with Crippen LogP contribution in [0.1, 0.15) is 29.6 Å². The van der Waals surface area contributed by atoms with E-state index < -0.39 is 0 Å². The van der Waals surface area contributed by atoms with Crippen molar-refractivity contribution in [2.75, 3.05) is 32.6 Å². The number of carbonyl (C=O) groups is 1. The smallest absolute Gasteiger partial charge is 0.253 e. The Morgan fingerprint density at radius 3 is 2.44 bits per heavy atom. The highest BCUT2D eigenvalue weighted by Crippen LogP contribution is 2.10. The second kappa shape index (κ2) is 7.71. The van der Waals surface area contributed by atoms with Crippen LogP contribution in [0.15, 0.2) is 24.3 Å². The molecule has 4 heteroatoms. The fourth-order valence-electron chi connectivity index (χ4n) is 1.74. The molecule has 18 heavy (non-hydrogen) atoms. The van der Waals surface area contributed by atoms with Crippen LogP contribution in [0.5, 0.6) is 0 Å². The highest BCUT2D eigenvalue weighted by Gasteiger charge is 2.10. The van der Waals surface area contributed by atoms with Crippen LogP contribution in [0.4, 0.5) is 5.69 Å². The number of nitrogens with zero attached hydrogens (tertiary/aromatic N) is 1. The first-order chi connectivity index (χ1) is 8.69. The zero-order valence-electron chi connectivity index (χ0n) is 11.1. The first kappa shape index (κ1) is 14.5. The van der Waals surface area contributed by atoms with Gasteiger partial charge in [-0.2, -0.15) is 0 Å². The van der Waals surface area contributed by atoms with Gasteiger partial charge in [-0.3, -0.25) is 4.79 Å². The summed E-state index contributed by atoms with van der Waals surface area (Å²) in [6.45, 7) is 0.954. The third kappa shape index (κ3) is 4.37. The molecule has 0 atom stereocenters. The number of hydrogen-bond donors (Lipinski definition) is 2. The molecule has 0 aliphatic rings. The number of rotatable bonds is 7. The molecular weight excluding hydrogens is 228 g/mol. The van der Waals surface area contributed by atoms with Gasteiger partial charge >= 0.3 is 0 Å². The van der Waals surface area contributed by atoms with Gasteiger partial charge in [0, 0.05) is 38.5 Å². The van der Waals surface area contributed by atoms with Gasteiger partial charge < -0.3 is 15.3 Å². The van der Waals surface area contributed by atoms with Crippen molar-refractivity contribution in [1.29, 1.82) is 0 Å². The molecule has 0 aliphatic heterocycles. The summed E-state index contributed by atoms with van der Waals surface area (Å²) in [5.41, 5.74) is 1.70. The van der Waals surface area contributed by atoms with Crippen LogP contribution in [0, 0.1) is 0 Å². The van der Waals surface area contributed by atoms with E-state index in [1.807, 2.05) is 38.4 Å². The van der Waals surface area contributed by atoms with Gasteiger partial charge in [-0.1, -0.05) is 0 Å². The van der Waals surface area contributed by atoms with Crippen LogP contribution < -0.4 is 5.32 Å². The Morgan fingerprint density at radius 1 is 1.22 bits per heavy atom. The summed E-state index contributed by atoms with van der Waals surface area (Å²) in [5.74, 6) is 0.0432. The second-order valence-corrected chi connectivity index (χ2v) is 4.34. The number of benzene rings is 1. The summed E-state index contributed by atoms with van der Waals surface area (Å²) in [7, 11) is 3.66. The normalized spacial score (nSPS) is 10.2. The van der Waals surface area contributed by atoms with Gasteiger partial charge in [0.25, 0.3) is 5.91 Å². The van der Waals surface area contributed by atoms with Gasteiger partial charge in [-0.05, 0) is 43.5 Å². The third-order valence-electron chi connectivity index (χ3n) is 2.92. The molecule has 4 nitrogen and oxygen atoms in total. The van der Waals surface area contributed by atoms with Gasteiger partial charge in [0.05, 0.1) is 0 Å². The number of aliphatic hydroxyl groups excluding tert-OH is 1. The van der Waals surface area contributed by atoms with Gasteiger partial charge in [-0.25, -0.2) is 0 Å². The Morgan fingerprint density at radius 2 is 1.89 bits per heavy atom. The molecule has 1 aromatic carbocycles. The molecule has 0 heterocycles. The minimum Gasteiger partial charge on any atom is -0.396 e. The Kier molecular flexibility index (Phi) is 6.22. The summed E-state index contributed by atoms with van der Waals surface area (Å²) < 4.78 is 0. The molecule has 0 aromatic heterocycles. The van der Waals surface area contributed by atoms with Crippen molar-refractivity contribution in [2.45, 2.75) is 19.3 Å². The van der Waals surface area contributed by atoms with E-state index in [-0.39, 0.29) is 12.5 Å². The Balaban J connectivity index is 2.46. The number of amides is 1. The van der Waals surface area contributed by atoms with Crippen molar-refractivity contribution < 1.29 is 9.90 Å². The highest BCUT2D eigenvalue weighted by molar-refractivity contribution is 5.94. The zero-order chi connectivity index (χ0) is 13.4. The lowest BCUT2D eigenvalue weighted by atomic mass is 10.1. The number of anilines is 1. The maximum Gasteiger partial charge on any atom is 0.253 e. The van der Waals surface area contributed by atoms with Crippen LogP contribution >= 0.6 is 0 Å². The van der Waals surface area contributed by atoms with E-state index in [1.54, 1.807) is 4.90 Å². The predicted octanol–water partition coefficient (Wildman–Crippen LogP) is 1.96. The van der Waals surface area contributed by atoms with Crippen molar-refractivity contribution in [3.63, 3.8) is 0 Å². The molecule has 1 rings (SSSR count). The lowest BCUT2D eigenvalue weighted by Gasteiger charge is -2.17. The summed E-state index contributed by atoms with van der Waals surface area (Å²) in [6, 6.07) is 7.45. The maximum absolute atomic E-state index is 12.1. The van der Waals surface area contributed by atoms with Crippen LogP contribution in [0.3, 0.4) is 0 Å². The molecule has 0 saturated heterocycles.